The molecule has 1 aliphatic heterocycles. The largest absolute Gasteiger partial charge is 0.355 e. The van der Waals surface area contributed by atoms with E-state index >= 15 is 0 Å². The third kappa shape index (κ3) is 5.95. The second kappa shape index (κ2) is 10.7. The number of hydrogen-bond acceptors (Lipinski definition) is 5. The highest BCUT2D eigenvalue weighted by Gasteiger charge is 2.19. The van der Waals surface area contributed by atoms with Gasteiger partial charge in [0.25, 0.3) is 0 Å². The first-order valence-corrected chi connectivity index (χ1v) is 12.1. The highest BCUT2D eigenvalue weighted by Crippen LogP contribution is 2.17. The van der Waals surface area contributed by atoms with Gasteiger partial charge in [0.05, 0.1) is 6.42 Å². The normalized spacial score (nSPS) is 14.1. The molecule has 32 heavy (non-hydrogen) atoms. The Bertz CT molecular complexity index is 1040. The fourth-order valence-electron chi connectivity index (χ4n) is 3.92. The smallest absolute Gasteiger partial charge is 0.224 e. The van der Waals surface area contributed by atoms with Gasteiger partial charge < -0.3 is 9.88 Å². The molecule has 0 fully saturated rings. The van der Waals surface area contributed by atoms with E-state index in [2.05, 4.69) is 55.5 Å². The number of carbonyl (C=O) groups excluding carboxylic acids is 1. The van der Waals surface area contributed by atoms with Crippen molar-refractivity contribution in [2.24, 2.45) is 0 Å². The van der Waals surface area contributed by atoms with Crippen LogP contribution in [-0.2, 0) is 37.1 Å². The predicted molar refractivity (Wildman–Crippen MR) is 124 cm³/mol. The van der Waals surface area contributed by atoms with Crippen molar-refractivity contribution in [1.29, 1.82) is 0 Å². The van der Waals surface area contributed by atoms with Gasteiger partial charge in [0.2, 0.25) is 5.91 Å². The van der Waals surface area contributed by atoms with E-state index in [0.29, 0.717) is 13.0 Å². The van der Waals surface area contributed by atoms with Crippen LogP contribution < -0.4 is 5.32 Å². The Kier molecular flexibility index (Phi) is 7.55. The van der Waals surface area contributed by atoms with E-state index in [1.165, 1.54) is 22.6 Å². The van der Waals surface area contributed by atoms with Crippen molar-refractivity contribution >= 4 is 17.7 Å². The van der Waals surface area contributed by atoms with Gasteiger partial charge in [-0.15, -0.1) is 22.0 Å². The van der Waals surface area contributed by atoms with Crippen LogP contribution in [0.5, 0.6) is 0 Å². The molecule has 0 saturated carbocycles. The van der Waals surface area contributed by atoms with E-state index < -0.39 is 0 Å². The first-order valence-electron chi connectivity index (χ1n) is 10.9. The quantitative estimate of drug-likeness (QED) is 0.531. The molecule has 0 atom stereocenters. The molecule has 0 saturated heterocycles. The van der Waals surface area contributed by atoms with Gasteiger partial charge in [-0.25, -0.2) is 4.39 Å². The number of carbonyl (C=O) groups is 1. The lowest BCUT2D eigenvalue weighted by atomic mass is 10.1. The monoisotopic (exact) mass is 453 g/mol. The van der Waals surface area contributed by atoms with Crippen LogP contribution in [0, 0.1) is 5.82 Å². The summed E-state index contributed by atoms with van der Waals surface area (Å²) in [6.45, 7) is 4.19. The Morgan fingerprint density at radius 3 is 2.53 bits per heavy atom. The number of fused-ring (bicyclic) bond motifs is 1. The molecule has 0 radical (unpaired) electrons. The van der Waals surface area contributed by atoms with Crippen LogP contribution in [0.3, 0.4) is 0 Å². The van der Waals surface area contributed by atoms with Crippen molar-refractivity contribution in [2.45, 2.75) is 37.2 Å². The molecule has 1 amide bonds. The Hall–Kier alpha value is -2.71. The highest BCUT2D eigenvalue weighted by atomic mass is 32.2. The van der Waals surface area contributed by atoms with E-state index in [1.807, 2.05) is 0 Å². The van der Waals surface area contributed by atoms with Gasteiger partial charge in [-0.2, -0.15) is 0 Å². The van der Waals surface area contributed by atoms with Gasteiger partial charge in [-0.05, 0) is 41.6 Å². The number of aromatic nitrogens is 3. The molecule has 168 valence electrons. The summed E-state index contributed by atoms with van der Waals surface area (Å²) in [4.78, 5) is 15.9. The van der Waals surface area contributed by atoms with Crippen molar-refractivity contribution in [3.63, 3.8) is 0 Å². The van der Waals surface area contributed by atoms with Crippen LogP contribution in [0.2, 0.25) is 0 Å². The lowest BCUT2D eigenvalue weighted by Gasteiger charge is -2.19. The molecule has 2 heterocycles. The minimum absolute atomic E-state index is 0.0779. The van der Waals surface area contributed by atoms with E-state index in [9.17, 15) is 9.18 Å². The molecule has 0 spiro atoms. The molecular formula is C24H28FN5OS. The second-order valence-corrected chi connectivity index (χ2v) is 8.84. The summed E-state index contributed by atoms with van der Waals surface area (Å²) in [5.74, 6) is 1.55. The van der Waals surface area contributed by atoms with Gasteiger partial charge in [-0.1, -0.05) is 24.3 Å². The summed E-state index contributed by atoms with van der Waals surface area (Å²) in [7, 11) is 0. The molecule has 6 nitrogen and oxygen atoms in total. The Morgan fingerprint density at radius 2 is 1.78 bits per heavy atom. The average Bonchev–Trinajstić information content (AvgIpc) is 3.07. The van der Waals surface area contributed by atoms with Crippen LogP contribution in [0.1, 0.15) is 22.8 Å². The Balaban J connectivity index is 1.26. The van der Waals surface area contributed by atoms with Crippen LogP contribution in [-0.4, -0.2) is 51.5 Å². The first-order chi connectivity index (χ1) is 15.6. The second-order valence-electron chi connectivity index (χ2n) is 7.96. The molecule has 3 aromatic rings. The SMILES string of the molecule is CSc1ccc(CN2CCc3nnc(CCNC(=O)Cc4ccc(F)cc4)n3CC2)cc1. The van der Waals surface area contributed by atoms with Crippen LogP contribution in [0.15, 0.2) is 53.4 Å². The van der Waals surface area contributed by atoms with E-state index in [1.54, 1.807) is 23.9 Å². The van der Waals surface area contributed by atoms with Crippen molar-refractivity contribution in [2.75, 3.05) is 25.9 Å². The van der Waals surface area contributed by atoms with Crippen molar-refractivity contribution in [3.8, 4) is 0 Å². The summed E-state index contributed by atoms with van der Waals surface area (Å²) in [6, 6.07) is 14.8. The Morgan fingerprint density at radius 1 is 1.03 bits per heavy atom. The number of halogens is 1. The minimum Gasteiger partial charge on any atom is -0.355 e. The van der Waals surface area contributed by atoms with Crippen LogP contribution in [0.4, 0.5) is 4.39 Å². The maximum absolute atomic E-state index is 13.0. The van der Waals surface area contributed by atoms with Crippen LogP contribution >= 0.6 is 11.8 Å². The van der Waals surface area contributed by atoms with Gasteiger partial charge in [-0.3, -0.25) is 9.69 Å². The maximum atomic E-state index is 13.0. The zero-order valence-corrected chi connectivity index (χ0v) is 19.1. The zero-order valence-electron chi connectivity index (χ0n) is 18.3. The van der Waals surface area contributed by atoms with Gasteiger partial charge >= 0.3 is 0 Å². The fraction of sp³-hybridized carbons (Fsp3) is 0.375. The number of benzene rings is 2. The lowest BCUT2D eigenvalue weighted by molar-refractivity contribution is -0.120. The molecule has 4 rings (SSSR count). The summed E-state index contributed by atoms with van der Waals surface area (Å²) in [5, 5.41) is 11.7. The number of hydrogen-bond donors (Lipinski definition) is 1. The lowest BCUT2D eigenvalue weighted by Crippen LogP contribution is -2.28. The van der Waals surface area contributed by atoms with Crippen molar-refractivity contribution in [3.05, 3.63) is 77.1 Å². The molecule has 0 bridgehead atoms. The molecule has 2 aromatic carbocycles. The fourth-order valence-corrected chi connectivity index (χ4v) is 4.33. The summed E-state index contributed by atoms with van der Waals surface area (Å²) < 4.78 is 15.2. The Labute approximate surface area is 192 Å². The standard InChI is InChI=1S/C24H28FN5OS/c1-32-21-8-4-19(5-9-21)17-29-13-11-23-28-27-22(30(23)15-14-29)10-12-26-24(31)16-18-2-6-20(25)7-3-18/h2-9H,10-17H2,1H3,(H,26,31). The predicted octanol–water partition coefficient (Wildman–Crippen LogP) is 3.10. The van der Waals surface area contributed by atoms with Gasteiger partial charge in [0.1, 0.15) is 17.5 Å². The van der Waals surface area contributed by atoms with E-state index in [0.717, 1.165) is 49.8 Å². The average molecular weight is 454 g/mol. The van der Waals surface area contributed by atoms with Crippen molar-refractivity contribution < 1.29 is 9.18 Å². The number of thioether (sulfide) groups is 1. The van der Waals surface area contributed by atoms with E-state index in [-0.39, 0.29) is 18.1 Å². The van der Waals surface area contributed by atoms with Crippen LogP contribution in [0.25, 0.3) is 0 Å². The summed E-state index contributed by atoms with van der Waals surface area (Å²) in [5.41, 5.74) is 2.12. The molecule has 1 aromatic heterocycles. The molecule has 1 N–H and O–H groups in total. The number of amides is 1. The minimum atomic E-state index is -0.297. The van der Waals surface area contributed by atoms with E-state index in [4.69, 9.17) is 0 Å². The van der Waals surface area contributed by atoms with Crippen molar-refractivity contribution in [1.82, 2.24) is 25.0 Å². The molecule has 1 aliphatic rings. The maximum Gasteiger partial charge on any atom is 0.224 e. The number of nitrogens with zero attached hydrogens (tertiary/aromatic N) is 4. The molecule has 8 heteroatoms. The topological polar surface area (TPSA) is 63.1 Å². The summed E-state index contributed by atoms with van der Waals surface area (Å²) >= 11 is 1.76. The number of rotatable bonds is 8. The third-order valence-corrected chi connectivity index (χ3v) is 6.45. The van der Waals surface area contributed by atoms with Gasteiger partial charge in [0.15, 0.2) is 0 Å². The summed E-state index contributed by atoms with van der Waals surface area (Å²) in [6.07, 6.45) is 3.84. The highest BCUT2D eigenvalue weighted by molar-refractivity contribution is 7.98. The van der Waals surface area contributed by atoms with Gasteiger partial charge in [0, 0.05) is 50.5 Å². The first kappa shape index (κ1) is 22.5. The zero-order chi connectivity index (χ0) is 22.3. The third-order valence-electron chi connectivity index (χ3n) is 5.71. The molecule has 0 aliphatic carbocycles. The molecular weight excluding hydrogens is 425 g/mol. The number of nitrogens with one attached hydrogen (secondary N) is 1. The molecule has 0 unspecified atom stereocenters.